The Hall–Kier alpha value is -2.56. The van der Waals surface area contributed by atoms with Crippen LogP contribution in [0.5, 0.6) is 0 Å². The molecule has 0 aromatic heterocycles. The lowest BCUT2D eigenvalue weighted by molar-refractivity contribution is -0.140. The van der Waals surface area contributed by atoms with Crippen molar-refractivity contribution < 1.29 is 28.7 Å². The van der Waals surface area contributed by atoms with E-state index in [1.165, 1.54) is 32.1 Å². The summed E-state index contributed by atoms with van der Waals surface area (Å²) in [5.41, 5.74) is 0. The zero-order valence-corrected chi connectivity index (χ0v) is 20.3. The SMILES string of the molecule is CC1CC(CC2CCC(N=C=O)C(C)C2)CCC1N=C=O.CCOC(=O)/C=C/C(=O)OCC. The summed E-state index contributed by atoms with van der Waals surface area (Å²) in [4.78, 5) is 50.0. The molecule has 33 heavy (non-hydrogen) atoms. The number of ether oxygens (including phenoxy) is 2. The molecule has 8 heteroatoms. The monoisotopic (exact) mass is 462 g/mol. The van der Waals surface area contributed by atoms with Gasteiger partial charge in [0, 0.05) is 12.2 Å². The summed E-state index contributed by atoms with van der Waals surface area (Å²) in [5.74, 6) is 1.45. The second-order valence-corrected chi connectivity index (χ2v) is 8.96. The molecule has 184 valence electrons. The molecular formula is C25H38N2O6. The van der Waals surface area contributed by atoms with Crippen LogP contribution in [0.25, 0.3) is 0 Å². The van der Waals surface area contributed by atoms with Gasteiger partial charge in [0.2, 0.25) is 12.2 Å². The molecule has 0 aromatic rings. The van der Waals surface area contributed by atoms with Crippen LogP contribution in [0.4, 0.5) is 0 Å². The van der Waals surface area contributed by atoms with Gasteiger partial charge in [-0.15, -0.1) is 0 Å². The van der Waals surface area contributed by atoms with Crippen molar-refractivity contribution in [2.45, 2.75) is 84.7 Å². The number of esters is 2. The molecule has 8 nitrogen and oxygen atoms in total. The van der Waals surface area contributed by atoms with Gasteiger partial charge >= 0.3 is 11.9 Å². The third kappa shape index (κ3) is 11.2. The highest BCUT2D eigenvalue weighted by molar-refractivity contribution is 5.91. The maximum atomic E-state index is 10.6. The lowest BCUT2D eigenvalue weighted by Gasteiger charge is -2.36. The number of hydrogen-bond acceptors (Lipinski definition) is 8. The number of carbonyl (C=O) groups excluding carboxylic acids is 4. The highest BCUT2D eigenvalue weighted by Gasteiger charge is 2.32. The molecule has 0 N–H and O–H groups in total. The van der Waals surface area contributed by atoms with Crippen LogP contribution in [0.2, 0.25) is 0 Å². The minimum atomic E-state index is -0.537. The Morgan fingerprint density at radius 3 is 1.48 bits per heavy atom. The maximum Gasteiger partial charge on any atom is 0.330 e. The summed E-state index contributed by atoms with van der Waals surface area (Å²) < 4.78 is 9.07. The first-order valence-corrected chi connectivity index (χ1v) is 12.0. The van der Waals surface area contributed by atoms with Crippen molar-refractivity contribution >= 4 is 24.1 Å². The van der Waals surface area contributed by atoms with Crippen LogP contribution in [0.3, 0.4) is 0 Å². The Morgan fingerprint density at radius 1 is 0.788 bits per heavy atom. The molecule has 0 aliphatic heterocycles. The molecule has 0 saturated heterocycles. The smallest absolute Gasteiger partial charge is 0.330 e. The lowest BCUT2D eigenvalue weighted by Crippen LogP contribution is -2.30. The number of rotatable bonds is 8. The first kappa shape index (κ1) is 28.5. The molecular weight excluding hydrogens is 424 g/mol. The fourth-order valence-corrected chi connectivity index (χ4v) is 4.92. The minimum absolute atomic E-state index is 0.190. The fourth-order valence-electron chi connectivity index (χ4n) is 4.92. The van der Waals surface area contributed by atoms with Crippen LogP contribution in [-0.4, -0.2) is 49.4 Å². The largest absolute Gasteiger partial charge is 0.463 e. The van der Waals surface area contributed by atoms with E-state index in [0.717, 1.165) is 36.8 Å². The Morgan fingerprint density at radius 2 is 1.18 bits per heavy atom. The Labute approximate surface area is 196 Å². The van der Waals surface area contributed by atoms with Crippen molar-refractivity contribution in [2.24, 2.45) is 33.7 Å². The zero-order chi connectivity index (χ0) is 24.6. The van der Waals surface area contributed by atoms with Gasteiger partial charge in [-0.05, 0) is 82.5 Å². The predicted octanol–water partition coefficient (Wildman–Crippen LogP) is 4.33. The fraction of sp³-hybridized carbons (Fsp3) is 0.760. The summed E-state index contributed by atoms with van der Waals surface area (Å²) >= 11 is 0. The second kappa shape index (κ2) is 16.1. The van der Waals surface area contributed by atoms with E-state index in [-0.39, 0.29) is 12.1 Å². The van der Waals surface area contributed by atoms with Gasteiger partial charge in [-0.3, -0.25) is 0 Å². The average Bonchev–Trinajstić information content (AvgIpc) is 2.77. The molecule has 6 unspecified atom stereocenters. The van der Waals surface area contributed by atoms with Gasteiger partial charge in [-0.25, -0.2) is 29.2 Å². The van der Waals surface area contributed by atoms with Gasteiger partial charge in [-0.2, -0.15) is 0 Å². The van der Waals surface area contributed by atoms with Crippen molar-refractivity contribution in [1.82, 2.24) is 0 Å². The molecule has 2 aliphatic carbocycles. The molecule has 2 fully saturated rings. The highest BCUT2D eigenvalue weighted by atomic mass is 16.5. The van der Waals surface area contributed by atoms with E-state index in [9.17, 15) is 19.2 Å². The van der Waals surface area contributed by atoms with Crippen molar-refractivity contribution in [3.63, 3.8) is 0 Å². The van der Waals surface area contributed by atoms with Crippen LogP contribution in [0.15, 0.2) is 22.1 Å². The number of nitrogens with zero attached hydrogens (tertiary/aromatic N) is 2. The molecule has 0 amide bonds. The highest BCUT2D eigenvalue weighted by Crippen LogP contribution is 2.40. The van der Waals surface area contributed by atoms with Crippen molar-refractivity contribution in [2.75, 3.05) is 13.2 Å². The molecule has 6 atom stereocenters. The molecule has 0 aromatic carbocycles. The van der Waals surface area contributed by atoms with E-state index in [0.29, 0.717) is 25.0 Å². The lowest BCUT2D eigenvalue weighted by atomic mass is 9.71. The number of hydrogen-bond donors (Lipinski definition) is 0. The van der Waals surface area contributed by atoms with Crippen LogP contribution in [0.1, 0.15) is 72.6 Å². The van der Waals surface area contributed by atoms with Gasteiger partial charge < -0.3 is 9.47 Å². The van der Waals surface area contributed by atoms with Gasteiger partial charge in [-0.1, -0.05) is 13.8 Å². The number of carbonyl (C=O) groups is 2. The third-order valence-corrected chi connectivity index (χ3v) is 6.50. The van der Waals surface area contributed by atoms with Gasteiger partial charge in [0.15, 0.2) is 0 Å². The Balaban J connectivity index is 0.000000389. The minimum Gasteiger partial charge on any atom is -0.463 e. The van der Waals surface area contributed by atoms with Gasteiger partial charge in [0.05, 0.1) is 25.3 Å². The molecule has 2 saturated carbocycles. The van der Waals surface area contributed by atoms with Crippen molar-refractivity contribution in [3.8, 4) is 0 Å². The molecule has 2 aliphatic rings. The molecule has 0 bridgehead atoms. The summed E-state index contributed by atoms with van der Waals surface area (Å²) in [7, 11) is 0. The third-order valence-electron chi connectivity index (χ3n) is 6.50. The van der Waals surface area contributed by atoms with E-state index in [4.69, 9.17) is 0 Å². The summed E-state index contributed by atoms with van der Waals surface area (Å²) in [6, 6.07) is 0.380. The van der Waals surface area contributed by atoms with Crippen LogP contribution >= 0.6 is 0 Å². The quantitative estimate of drug-likeness (QED) is 0.230. The molecule has 0 radical (unpaired) electrons. The van der Waals surface area contributed by atoms with Crippen molar-refractivity contribution in [1.29, 1.82) is 0 Å². The van der Waals surface area contributed by atoms with E-state index in [1.54, 1.807) is 26.0 Å². The van der Waals surface area contributed by atoms with Crippen LogP contribution in [0, 0.1) is 23.7 Å². The first-order valence-electron chi connectivity index (χ1n) is 12.0. The molecule has 0 spiro atoms. The Kier molecular flexibility index (Phi) is 13.9. The summed E-state index contributed by atoms with van der Waals surface area (Å²) in [6.45, 7) is 8.39. The van der Waals surface area contributed by atoms with E-state index in [2.05, 4.69) is 33.3 Å². The summed E-state index contributed by atoms with van der Waals surface area (Å²) in [5, 5.41) is 0. The van der Waals surface area contributed by atoms with E-state index >= 15 is 0 Å². The van der Waals surface area contributed by atoms with Crippen LogP contribution in [-0.2, 0) is 28.7 Å². The topological polar surface area (TPSA) is 111 Å². The van der Waals surface area contributed by atoms with E-state index < -0.39 is 11.9 Å². The normalized spacial score (nSPS) is 29.0. The molecule has 0 heterocycles. The van der Waals surface area contributed by atoms with E-state index in [1.807, 2.05) is 0 Å². The maximum absolute atomic E-state index is 10.6. The van der Waals surface area contributed by atoms with Crippen molar-refractivity contribution in [3.05, 3.63) is 12.2 Å². The number of isocyanates is 2. The number of aliphatic imine (C=N–C) groups is 2. The standard InChI is InChI=1S/C17H26N2O2.C8H12O4/c1-12-7-14(3-5-16(12)18-10-20)9-15-4-6-17(19-11-21)13(2)8-15;1-3-11-7(9)5-6-8(10)12-4-2/h12-17H,3-9H2,1-2H3;5-6H,3-4H2,1-2H3/b;6-5+. The van der Waals surface area contributed by atoms with Gasteiger partial charge in [0.25, 0.3) is 0 Å². The van der Waals surface area contributed by atoms with Crippen LogP contribution < -0.4 is 0 Å². The predicted molar refractivity (Wildman–Crippen MR) is 124 cm³/mol. The molecule has 2 rings (SSSR count). The average molecular weight is 463 g/mol. The Bertz CT molecular complexity index is 679. The zero-order valence-electron chi connectivity index (χ0n) is 20.3. The van der Waals surface area contributed by atoms with Gasteiger partial charge in [0.1, 0.15) is 0 Å². The second-order valence-electron chi connectivity index (χ2n) is 8.96. The summed E-state index contributed by atoms with van der Waals surface area (Å²) in [6.07, 6.45) is 13.6. The first-order chi connectivity index (χ1) is 15.8.